The van der Waals surface area contributed by atoms with Gasteiger partial charge in [-0.2, -0.15) is 0 Å². The third kappa shape index (κ3) is 3.45. The maximum absolute atomic E-state index is 12.2. The summed E-state index contributed by atoms with van der Waals surface area (Å²) in [4.78, 5) is 10.9. The summed E-state index contributed by atoms with van der Waals surface area (Å²) in [6, 6.07) is 14.7. The molecule has 2 aromatic rings. The van der Waals surface area contributed by atoms with E-state index in [0.29, 0.717) is 6.42 Å². The zero-order valence-corrected chi connectivity index (χ0v) is 11.5. The first kappa shape index (κ1) is 14.3. The lowest BCUT2D eigenvalue weighted by Gasteiger charge is -2.05. The van der Waals surface area contributed by atoms with Crippen LogP contribution in [0.5, 0.6) is 0 Å². The van der Waals surface area contributed by atoms with E-state index >= 15 is 0 Å². The number of sulfone groups is 1. The van der Waals surface area contributed by atoms with Crippen LogP contribution in [0.2, 0.25) is 0 Å². The van der Waals surface area contributed by atoms with Crippen molar-refractivity contribution in [2.24, 2.45) is 0 Å². The van der Waals surface area contributed by atoms with Gasteiger partial charge in [-0.25, -0.2) is 13.2 Å². The first-order valence-electron chi connectivity index (χ1n) is 6.09. The summed E-state index contributed by atoms with van der Waals surface area (Å²) in [6.07, 6.45) is 0.403. The number of carboxylic acids is 1. The van der Waals surface area contributed by atoms with Crippen LogP contribution >= 0.6 is 0 Å². The van der Waals surface area contributed by atoms with Crippen LogP contribution in [0, 0.1) is 0 Å². The molecule has 0 saturated heterocycles. The lowest BCUT2D eigenvalue weighted by atomic mass is 10.2. The van der Waals surface area contributed by atoms with Gasteiger partial charge in [0.15, 0.2) is 9.84 Å². The molecule has 0 aliphatic carbocycles. The fourth-order valence-electron chi connectivity index (χ4n) is 1.84. The number of aryl methyl sites for hydroxylation is 1. The van der Waals surface area contributed by atoms with E-state index in [0.717, 1.165) is 5.56 Å². The molecule has 0 aliphatic rings. The number of hydrogen-bond acceptors (Lipinski definition) is 3. The van der Waals surface area contributed by atoms with Crippen molar-refractivity contribution >= 4 is 15.8 Å². The van der Waals surface area contributed by atoms with E-state index in [1.165, 1.54) is 24.3 Å². The smallest absolute Gasteiger partial charge is 0.335 e. The van der Waals surface area contributed by atoms with E-state index in [9.17, 15) is 13.2 Å². The van der Waals surface area contributed by atoms with Crippen LogP contribution in [0.1, 0.15) is 15.9 Å². The second-order valence-corrected chi connectivity index (χ2v) is 6.50. The van der Waals surface area contributed by atoms with Gasteiger partial charge in [0.25, 0.3) is 0 Å². The largest absolute Gasteiger partial charge is 0.478 e. The van der Waals surface area contributed by atoms with Gasteiger partial charge in [-0.05, 0) is 30.2 Å². The molecule has 0 spiro atoms. The van der Waals surface area contributed by atoms with Crippen LogP contribution in [0.4, 0.5) is 0 Å². The molecule has 0 radical (unpaired) electrons. The summed E-state index contributed by atoms with van der Waals surface area (Å²) < 4.78 is 24.4. The van der Waals surface area contributed by atoms with Crippen molar-refractivity contribution in [2.45, 2.75) is 11.3 Å². The fraction of sp³-hybridized carbons (Fsp3) is 0.133. The van der Waals surface area contributed by atoms with E-state index in [1.807, 2.05) is 30.3 Å². The van der Waals surface area contributed by atoms with E-state index in [2.05, 4.69) is 0 Å². The van der Waals surface area contributed by atoms with Gasteiger partial charge in [-0.1, -0.05) is 36.4 Å². The van der Waals surface area contributed by atoms with E-state index in [1.54, 1.807) is 0 Å². The minimum absolute atomic E-state index is 0.0224. The normalized spacial score (nSPS) is 11.2. The third-order valence-corrected chi connectivity index (χ3v) is 4.66. The van der Waals surface area contributed by atoms with E-state index in [-0.39, 0.29) is 16.2 Å². The molecule has 0 saturated carbocycles. The molecular formula is C15H14O4S. The van der Waals surface area contributed by atoms with E-state index < -0.39 is 15.8 Å². The van der Waals surface area contributed by atoms with Gasteiger partial charge in [-0.15, -0.1) is 0 Å². The Morgan fingerprint density at radius 3 is 2.35 bits per heavy atom. The number of benzene rings is 2. The molecule has 0 aromatic heterocycles. The molecule has 4 nitrogen and oxygen atoms in total. The summed E-state index contributed by atoms with van der Waals surface area (Å²) in [6.45, 7) is 0. The highest BCUT2D eigenvalue weighted by atomic mass is 32.2. The molecule has 0 unspecified atom stereocenters. The van der Waals surface area contributed by atoms with Crippen molar-refractivity contribution < 1.29 is 18.3 Å². The first-order chi connectivity index (χ1) is 9.49. The number of hydrogen-bond donors (Lipinski definition) is 1. The maximum atomic E-state index is 12.2. The molecular weight excluding hydrogens is 276 g/mol. The van der Waals surface area contributed by atoms with Gasteiger partial charge < -0.3 is 5.11 Å². The van der Waals surface area contributed by atoms with Crippen molar-refractivity contribution in [1.29, 1.82) is 0 Å². The molecule has 0 amide bonds. The molecule has 1 N–H and O–H groups in total. The average molecular weight is 290 g/mol. The number of carbonyl (C=O) groups is 1. The average Bonchev–Trinajstić information content (AvgIpc) is 2.46. The summed E-state index contributed by atoms with van der Waals surface area (Å²) in [5.41, 5.74) is 0.913. The van der Waals surface area contributed by atoms with Gasteiger partial charge in [-0.3, -0.25) is 0 Å². The summed E-state index contributed by atoms with van der Waals surface area (Å²) in [5, 5.41) is 8.89. The minimum Gasteiger partial charge on any atom is -0.478 e. The van der Waals surface area contributed by atoms with Crippen molar-refractivity contribution in [3.8, 4) is 0 Å². The highest BCUT2D eigenvalue weighted by molar-refractivity contribution is 7.91. The zero-order chi connectivity index (χ0) is 14.6. The Morgan fingerprint density at radius 1 is 1.00 bits per heavy atom. The number of rotatable bonds is 5. The quantitative estimate of drug-likeness (QED) is 0.918. The van der Waals surface area contributed by atoms with Gasteiger partial charge in [0, 0.05) is 0 Å². The Bertz CT molecular complexity index is 706. The van der Waals surface area contributed by atoms with Crippen molar-refractivity contribution in [3.63, 3.8) is 0 Å². The first-order valence-corrected chi connectivity index (χ1v) is 7.74. The van der Waals surface area contributed by atoms with Gasteiger partial charge in [0.05, 0.1) is 16.2 Å². The van der Waals surface area contributed by atoms with Crippen molar-refractivity contribution in [3.05, 3.63) is 65.7 Å². The Kier molecular flexibility index (Phi) is 4.20. The van der Waals surface area contributed by atoms with Crippen LogP contribution in [0.15, 0.2) is 59.5 Å². The second kappa shape index (κ2) is 5.88. The molecule has 5 heteroatoms. The molecule has 20 heavy (non-hydrogen) atoms. The standard InChI is InChI=1S/C15H14O4S/c16-15(17)13-7-4-8-14(11-13)20(18,19)10-9-12-5-2-1-3-6-12/h1-8,11H,9-10H2,(H,16,17). The molecule has 0 fully saturated rings. The monoisotopic (exact) mass is 290 g/mol. The van der Waals surface area contributed by atoms with Gasteiger partial charge in [0.2, 0.25) is 0 Å². The SMILES string of the molecule is O=C(O)c1cccc(S(=O)(=O)CCc2ccccc2)c1. The Balaban J connectivity index is 2.18. The highest BCUT2D eigenvalue weighted by Crippen LogP contribution is 2.15. The zero-order valence-electron chi connectivity index (χ0n) is 10.7. The third-order valence-electron chi connectivity index (χ3n) is 2.94. The van der Waals surface area contributed by atoms with Gasteiger partial charge >= 0.3 is 5.97 Å². The van der Waals surface area contributed by atoms with Crippen molar-refractivity contribution in [2.75, 3.05) is 5.75 Å². The van der Waals surface area contributed by atoms with Crippen LogP contribution < -0.4 is 0 Å². The minimum atomic E-state index is -3.48. The van der Waals surface area contributed by atoms with E-state index in [4.69, 9.17) is 5.11 Å². The molecule has 0 bridgehead atoms. The molecule has 0 atom stereocenters. The van der Waals surface area contributed by atoms with Crippen LogP contribution in [-0.2, 0) is 16.3 Å². The lowest BCUT2D eigenvalue weighted by molar-refractivity contribution is 0.0696. The summed E-state index contributed by atoms with van der Waals surface area (Å²) >= 11 is 0. The molecule has 104 valence electrons. The molecule has 0 heterocycles. The highest BCUT2D eigenvalue weighted by Gasteiger charge is 2.16. The number of aromatic carboxylic acids is 1. The maximum Gasteiger partial charge on any atom is 0.335 e. The fourth-order valence-corrected chi connectivity index (χ4v) is 3.17. The topological polar surface area (TPSA) is 71.4 Å². The Morgan fingerprint density at radius 2 is 1.70 bits per heavy atom. The summed E-state index contributed by atoms with van der Waals surface area (Å²) in [5.74, 6) is -1.18. The van der Waals surface area contributed by atoms with Crippen LogP contribution in [0.3, 0.4) is 0 Å². The van der Waals surface area contributed by atoms with Crippen molar-refractivity contribution in [1.82, 2.24) is 0 Å². The molecule has 2 rings (SSSR count). The lowest BCUT2D eigenvalue weighted by Crippen LogP contribution is -2.10. The Hall–Kier alpha value is -2.14. The van der Waals surface area contributed by atoms with Gasteiger partial charge in [0.1, 0.15) is 0 Å². The predicted molar refractivity (Wildman–Crippen MR) is 75.6 cm³/mol. The van der Waals surface area contributed by atoms with Crippen LogP contribution in [-0.4, -0.2) is 25.2 Å². The van der Waals surface area contributed by atoms with Crippen LogP contribution in [0.25, 0.3) is 0 Å². The second-order valence-electron chi connectivity index (χ2n) is 4.39. The molecule has 2 aromatic carbocycles. The number of carboxylic acid groups (broad SMARTS) is 1. The molecule has 0 aliphatic heterocycles. The Labute approximate surface area is 117 Å². The predicted octanol–water partition coefficient (Wildman–Crippen LogP) is 2.40. The summed E-state index contributed by atoms with van der Waals surface area (Å²) in [7, 11) is -3.48.